The number of halogens is 1. The standard InChI is InChI=1S/C22H30FNO4/c1-15(2)24-14-20(17-9-11-18(23)12-10-17)19(16(24)3)8-6-5-7-13-22(26,27)21(25)28-4/h9-12,14-15,26-27H,5-8,13H2,1-4H3. The molecule has 0 saturated heterocycles. The Morgan fingerprint density at radius 2 is 1.82 bits per heavy atom. The number of carbonyl (C=O) groups is 1. The number of aromatic nitrogens is 1. The van der Waals surface area contributed by atoms with Gasteiger partial charge in [-0.15, -0.1) is 0 Å². The van der Waals surface area contributed by atoms with E-state index >= 15 is 0 Å². The summed E-state index contributed by atoms with van der Waals surface area (Å²) in [7, 11) is 1.13. The number of esters is 1. The van der Waals surface area contributed by atoms with E-state index in [0.29, 0.717) is 12.5 Å². The molecular formula is C22H30FNO4. The summed E-state index contributed by atoms with van der Waals surface area (Å²) in [4.78, 5) is 11.3. The molecule has 0 spiro atoms. The quantitative estimate of drug-likeness (QED) is 0.383. The van der Waals surface area contributed by atoms with Crippen LogP contribution >= 0.6 is 0 Å². The Morgan fingerprint density at radius 3 is 2.39 bits per heavy atom. The average molecular weight is 391 g/mol. The van der Waals surface area contributed by atoms with Crippen molar-refractivity contribution in [3.05, 3.63) is 47.5 Å². The molecule has 0 radical (unpaired) electrons. The SMILES string of the molecule is COC(=O)C(O)(O)CCCCCc1c(-c2ccc(F)cc2)cn(C(C)C)c1C. The highest BCUT2D eigenvalue weighted by atomic mass is 19.1. The molecule has 1 heterocycles. The van der Waals surface area contributed by atoms with Gasteiger partial charge in [0.25, 0.3) is 5.79 Å². The van der Waals surface area contributed by atoms with Crippen LogP contribution in [0.5, 0.6) is 0 Å². The predicted molar refractivity (Wildman–Crippen MR) is 106 cm³/mol. The van der Waals surface area contributed by atoms with Crippen molar-refractivity contribution < 1.29 is 24.1 Å². The van der Waals surface area contributed by atoms with Crippen LogP contribution in [0.4, 0.5) is 4.39 Å². The summed E-state index contributed by atoms with van der Waals surface area (Å²) in [6.45, 7) is 6.34. The fourth-order valence-corrected chi connectivity index (χ4v) is 3.51. The molecule has 0 aliphatic rings. The lowest BCUT2D eigenvalue weighted by molar-refractivity contribution is -0.209. The minimum Gasteiger partial charge on any atom is -0.465 e. The van der Waals surface area contributed by atoms with Crippen molar-refractivity contribution in [2.75, 3.05) is 7.11 Å². The third-order valence-electron chi connectivity index (χ3n) is 5.09. The zero-order valence-electron chi connectivity index (χ0n) is 17.0. The van der Waals surface area contributed by atoms with E-state index in [2.05, 4.69) is 36.3 Å². The van der Waals surface area contributed by atoms with E-state index in [1.807, 2.05) is 0 Å². The van der Waals surface area contributed by atoms with Gasteiger partial charge in [-0.25, -0.2) is 9.18 Å². The molecule has 154 valence electrons. The molecule has 0 aliphatic heterocycles. The fourth-order valence-electron chi connectivity index (χ4n) is 3.51. The topological polar surface area (TPSA) is 71.7 Å². The zero-order valence-corrected chi connectivity index (χ0v) is 17.0. The van der Waals surface area contributed by atoms with Gasteiger partial charge in [0, 0.05) is 29.9 Å². The summed E-state index contributed by atoms with van der Waals surface area (Å²) in [6.07, 6.45) is 4.96. The maximum atomic E-state index is 13.3. The van der Waals surface area contributed by atoms with Crippen LogP contribution in [0.3, 0.4) is 0 Å². The average Bonchev–Trinajstić information content (AvgIpc) is 2.98. The highest BCUT2D eigenvalue weighted by Crippen LogP contribution is 2.31. The van der Waals surface area contributed by atoms with Crippen molar-refractivity contribution in [3.8, 4) is 11.1 Å². The molecule has 5 nitrogen and oxygen atoms in total. The number of nitrogens with zero attached hydrogens (tertiary/aromatic N) is 1. The Kier molecular flexibility index (Phi) is 7.38. The number of unbranched alkanes of at least 4 members (excludes halogenated alkanes) is 2. The molecule has 0 bridgehead atoms. The molecule has 2 aromatic rings. The van der Waals surface area contributed by atoms with Crippen molar-refractivity contribution in [2.45, 2.75) is 64.7 Å². The van der Waals surface area contributed by atoms with Gasteiger partial charge in [-0.3, -0.25) is 0 Å². The molecule has 0 amide bonds. The van der Waals surface area contributed by atoms with Crippen LogP contribution < -0.4 is 0 Å². The highest BCUT2D eigenvalue weighted by molar-refractivity contribution is 5.76. The van der Waals surface area contributed by atoms with E-state index in [4.69, 9.17) is 0 Å². The maximum absolute atomic E-state index is 13.3. The van der Waals surface area contributed by atoms with Gasteiger partial charge >= 0.3 is 5.97 Å². The number of hydrogen-bond donors (Lipinski definition) is 2. The predicted octanol–water partition coefficient (Wildman–Crippen LogP) is 4.14. The molecule has 2 N–H and O–H groups in total. The summed E-state index contributed by atoms with van der Waals surface area (Å²) >= 11 is 0. The van der Waals surface area contributed by atoms with Crippen molar-refractivity contribution in [3.63, 3.8) is 0 Å². The number of carbonyl (C=O) groups excluding carboxylic acids is 1. The van der Waals surface area contributed by atoms with E-state index in [1.54, 1.807) is 12.1 Å². The van der Waals surface area contributed by atoms with Crippen LogP contribution in [0.1, 0.15) is 56.8 Å². The molecule has 2 rings (SSSR count). The van der Waals surface area contributed by atoms with Crippen LogP contribution in [0.2, 0.25) is 0 Å². The van der Waals surface area contributed by atoms with E-state index in [1.165, 1.54) is 23.4 Å². The lowest BCUT2D eigenvalue weighted by Crippen LogP contribution is -2.39. The Bertz CT molecular complexity index is 794. The third-order valence-corrected chi connectivity index (χ3v) is 5.09. The molecular weight excluding hydrogens is 361 g/mol. The van der Waals surface area contributed by atoms with Gasteiger partial charge in [0.1, 0.15) is 5.82 Å². The van der Waals surface area contributed by atoms with E-state index < -0.39 is 11.8 Å². The van der Waals surface area contributed by atoms with Gasteiger partial charge in [0.2, 0.25) is 0 Å². The highest BCUT2D eigenvalue weighted by Gasteiger charge is 2.33. The smallest absolute Gasteiger partial charge is 0.366 e. The number of methoxy groups -OCH3 is 1. The van der Waals surface area contributed by atoms with Crippen molar-refractivity contribution in [1.29, 1.82) is 0 Å². The summed E-state index contributed by atoms with van der Waals surface area (Å²) in [5, 5.41) is 19.3. The van der Waals surface area contributed by atoms with Crippen LogP contribution in [0.15, 0.2) is 30.5 Å². The normalized spacial score (nSPS) is 11.9. The first-order chi connectivity index (χ1) is 13.2. The third kappa shape index (κ3) is 5.20. The lowest BCUT2D eigenvalue weighted by atomic mass is 9.97. The summed E-state index contributed by atoms with van der Waals surface area (Å²) in [6, 6.07) is 6.84. The molecule has 6 heteroatoms. The Hall–Kier alpha value is -2.18. The van der Waals surface area contributed by atoms with Crippen LogP contribution in [0, 0.1) is 12.7 Å². The summed E-state index contributed by atoms with van der Waals surface area (Å²) in [5.74, 6) is -3.71. The molecule has 0 saturated carbocycles. The first-order valence-corrected chi connectivity index (χ1v) is 9.66. The minimum absolute atomic E-state index is 0.0590. The van der Waals surface area contributed by atoms with Crippen molar-refractivity contribution in [1.82, 2.24) is 4.57 Å². The summed E-state index contributed by atoms with van der Waals surface area (Å²) < 4.78 is 19.9. The largest absolute Gasteiger partial charge is 0.465 e. The maximum Gasteiger partial charge on any atom is 0.366 e. The molecule has 28 heavy (non-hydrogen) atoms. The van der Waals surface area contributed by atoms with Gasteiger partial charge in [0.05, 0.1) is 7.11 Å². The van der Waals surface area contributed by atoms with Crippen molar-refractivity contribution in [2.24, 2.45) is 0 Å². The van der Waals surface area contributed by atoms with Gasteiger partial charge in [-0.05, 0) is 63.3 Å². The Balaban J connectivity index is 2.08. The summed E-state index contributed by atoms with van der Waals surface area (Å²) in [5.41, 5.74) is 4.48. The first-order valence-electron chi connectivity index (χ1n) is 9.66. The van der Waals surface area contributed by atoms with Crippen LogP contribution in [0.25, 0.3) is 11.1 Å². The second kappa shape index (κ2) is 9.34. The molecule has 0 fully saturated rings. The molecule has 0 atom stereocenters. The number of ether oxygens (including phenoxy) is 1. The van der Waals surface area contributed by atoms with Gasteiger partial charge in [-0.2, -0.15) is 0 Å². The molecule has 0 unspecified atom stereocenters. The molecule has 1 aromatic heterocycles. The number of rotatable bonds is 9. The number of aliphatic hydroxyl groups is 2. The van der Waals surface area contributed by atoms with E-state index in [0.717, 1.165) is 37.5 Å². The second-order valence-electron chi connectivity index (χ2n) is 7.48. The Labute approximate surface area is 165 Å². The molecule has 1 aromatic carbocycles. The van der Waals surface area contributed by atoms with Crippen LogP contribution in [-0.2, 0) is 16.0 Å². The number of hydrogen-bond acceptors (Lipinski definition) is 4. The van der Waals surface area contributed by atoms with Gasteiger partial charge in [0.15, 0.2) is 0 Å². The monoisotopic (exact) mass is 391 g/mol. The van der Waals surface area contributed by atoms with Gasteiger partial charge in [-0.1, -0.05) is 18.6 Å². The minimum atomic E-state index is -2.43. The Morgan fingerprint density at radius 1 is 1.18 bits per heavy atom. The van der Waals surface area contributed by atoms with E-state index in [9.17, 15) is 19.4 Å². The fraction of sp³-hybridized carbons (Fsp3) is 0.500. The van der Waals surface area contributed by atoms with Gasteiger partial charge < -0.3 is 19.5 Å². The lowest BCUT2D eigenvalue weighted by Gasteiger charge is -2.18. The van der Waals surface area contributed by atoms with Crippen molar-refractivity contribution >= 4 is 5.97 Å². The van der Waals surface area contributed by atoms with E-state index in [-0.39, 0.29) is 12.2 Å². The number of benzene rings is 1. The first kappa shape index (κ1) is 22.1. The second-order valence-corrected chi connectivity index (χ2v) is 7.48. The molecule has 0 aliphatic carbocycles. The zero-order chi connectivity index (χ0) is 20.9. The van der Waals surface area contributed by atoms with Crippen LogP contribution in [-0.4, -0.2) is 33.6 Å².